The molecule has 10 heteroatoms. The minimum absolute atomic E-state index is 0.0751. The molecule has 0 bridgehead atoms. The molecule has 0 atom stereocenters. The van der Waals surface area contributed by atoms with Crippen LogP contribution in [0.1, 0.15) is 57.0 Å². The van der Waals surface area contributed by atoms with Crippen LogP contribution in [0, 0.1) is 5.92 Å². The summed E-state index contributed by atoms with van der Waals surface area (Å²) in [5.41, 5.74) is 5.33. The van der Waals surface area contributed by atoms with Crippen LogP contribution in [0.25, 0.3) is 0 Å². The summed E-state index contributed by atoms with van der Waals surface area (Å²) in [6, 6.07) is -0.0766. The summed E-state index contributed by atoms with van der Waals surface area (Å²) in [6.07, 6.45) is 5.25. The largest absolute Gasteiger partial charge is 0.476 e. The number of nitrogens with two attached hydrogens (primary N) is 1. The van der Waals surface area contributed by atoms with Crippen molar-refractivity contribution in [1.82, 2.24) is 25.4 Å². The Hall–Kier alpha value is -2.91. The number of rotatable bonds is 7. The predicted molar refractivity (Wildman–Crippen MR) is 93.1 cm³/mol. The highest BCUT2D eigenvalue weighted by Gasteiger charge is 2.32. The molecule has 2 aliphatic carbocycles. The highest BCUT2D eigenvalue weighted by Crippen LogP contribution is 2.43. The standard InChI is InChI=1S/C17H22N6O4/c1-17(2,14-21-15(18)27-23-14)22-16(24)26-11-7-19-12(10-5-6-10)13(20-11)25-8-9-3-4-9/h7,9-10H,3-6,8H2,1-2H3,(H,22,24)(H2,18,21,23). The van der Waals surface area contributed by atoms with Crippen LogP contribution in [-0.2, 0) is 5.54 Å². The van der Waals surface area contributed by atoms with Crippen molar-refractivity contribution >= 4 is 12.1 Å². The fourth-order valence-electron chi connectivity index (χ4n) is 2.56. The van der Waals surface area contributed by atoms with E-state index in [1.165, 1.54) is 19.0 Å². The second-order valence-corrected chi connectivity index (χ2v) is 7.52. The Morgan fingerprint density at radius 3 is 2.74 bits per heavy atom. The SMILES string of the molecule is CC(C)(NC(=O)Oc1cnc(C2CC2)c(OCC2CC2)n1)c1noc(N)n1. The van der Waals surface area contributed by atoms with Gasteiger partial charge in [0.05, 0.1) is 12.8 Å². The van der Waals surface area contributed by atoms with Crippen molar-refractivity contribution < 1.29 is 18.8 Å². The number of aromatic nitrogens is 4. The third kappa shape index (κ3) is 4.26. The van der Waals surface area contributed by atoms with E-state index < -0.39 is 11.6 Å². The molecule has 0 aromatic carbocycles. The molecule has 2 aromatic rings. The van der Waals surface area contributed by atoms with Crippen LogP contribution < -0.4 is 20.5 Å². The Morgan fingerprint density at radius 1 is 1.33 bits per heavy atom. The normalized spacial score (nSPS) is 16.8. The quantitative estimate of drug-likeness (QED) is 0.746. The van der Waals surface area contributed by atoms with Crippen LogP contribution in [0.5, 0.6) is 11.8 Å². The molecule has 2 fully saturated rings. The lowest BCUT2D eigenvalue weighted by Crippen LogP contribution is -2.43. The van der Waals surface area contributed by atoms with Crippen molar-refractivity contribution in [3.8, 4) is 11.8 Å². The highest BCUT2D eigenvalue weighted by molar-refractivity contribution is 5.70. The lowest BCUT2D eigenvalue weighted by atomic mass is 10.1. The summed E-state index contributed by atoms with van der Waals surface area (Å²) >= 11 is 0. The topological polar surface area (TPSA) is 138 Å². The van der Waals surface area contributed by atoms with Gasteiger partial charge in [0.25, 0.3) is 0 Å². The molecule has 0 unspecified atom stereocenters. The van der Waals surface area contributed by atoms with Gasteiger partial charge < -0.3 is 25.0 Å². The van der Waals surface area contributed by atoms with E-state index in [0.29, 0.717) is 24.3 Å². The number of nitrogens with one attached hydrogen (secondary N) is 1. The van der Waals surface area contributed by atoms with Crippen LogP contribution >= 0.6 is 0 Å². The van der Waals surface area contributed by atoms with Crippen molar-refractivity contribution in [3.05, 3.63) is 17.7 Å². The monoisotopic (exact) mass is 374 g/mol. The minimum atomic E-state index is -0.940. The van der Waals surface area contributed by atoms with Gasteiger partial charge in [-0.15, -0.1) is 0 Å². The molecule has 2 heterocycles. The van der Waals surface area contributed by atoms with E-state index in [-0.39, 0.29) is 17.7 Å². The van der Waals surface area contributed by atoms with E-state index in [2.05, 4.69) is 25.4 Å². The highest BCUT2D eigenvalue weighted by atomic mass is 16.6. The zero-order valence-electron chi connectivity index (χ0n) is 15.3. The zero-order valence-corrected chi connectivity index (χ0v) is 15.3. The Bertz CT molecular complexity index is 844. The zero-order chi connectivity index (χ0) is 19.0. The second-order valence-electron chi connectivity index (χ2n) is 7.52. The van der Waals surface area contributed by atoms with Gasteiger partial charge in [-0.05, 0) is 45.4 Å². The molecule has 27 heavy (non-hydrogen) atoms. The van der Waals surface area contributed by atoms with Gasteiger partial charge in [-0.25, -0.2) is 9.78 Å². The van der Waals surface area contributed by atoms with Crippen LogP contribution in [-0.4, -0.2) is 32.8 Å². The Balaban J connectivity index is 1.43. The van der Waals surface area contributed by atoms with Gasteiger partial charge >= 0.3 is 12.1 Å². The van der Waals surface area contributed by atoms with Crippen molar-refractivity contribution in [2.45, 2.75) is 51.0 Å². The third-order valence-corrected chi connectivity index (χ3v) is 4.47. The Morgan fingerprint density at radius 2 is 2.11 bits per heavy atom. The molecule has 10 nitrogen and oxygen atoms in total. The number of hydrogen-bond acceptors (Lipinski definition) is 9. The van der Waals surface area contributed by atoms with Crippen LogP contribution in [0.15, 0.2) is 10.7 Å². The third-order valence-electron chi connectivity index (χ3n) is 4.47. The summed E-state index contributed by atoms with van der Waals surface area (Å²) in [6.45, 7) is 4.02. The first-order valence-electron chi connectivity index (χ1n) is 9.00. The molecule has 0 saturated heterocycles. The maximum absolute atomic E-state index is 12.3. The predicted octanol–water partition coefficient (Wildman–Crippen LogP) is 2.13. The number of hydrogen-bond donors (Lipinski definition) is 2. The molecule has 2 aliphatic rings. The molecular formula is C17H22N6O4. The number of nitrogens with zero attached hydrogens (tertiary/aromatic N) is 4. The van der Waals surface area contributed by atoms with Gasteiger partial charge in [-0.2, -0.15) is 9.97 Å². The van der Waals surface area contributed by atoms with E-state index in [4.69, 9.17) is 19.7 Å². The lowest BCUT2D eigenvalue weighted by Gasteiger charge is -2.21. The summed E-state index contributed by atoms with van der Waals surface area (Å²) in [4.78, 5) is 24.9. The molecule has 1 amide bonds. The van der Waals surface area contributed by atoms with E-state index >= 15 is 0 Å². The van der Waals surface area contributed by atoms with Gasteiger partial charge in [0.2, 0.25) is 11.8 Å². The molecule has 0 spiro atoms. The molecule has 144 valence electrons. The fraction of sp³-hybridized carbons (Fsp3) is 0.588. The smallest absolute Gasteiger partial charge is 0.414 e. The van der Waals surface area contributed by atoms with Crippen molar-refractivity contribution in [2.24, 2.45) is 5.92 Å². The summed E-state index contributed by atoms with van der Waals surface area (Å²) in [5.74, 6) is 1.75. The molecule has 0 radical (unpaired) electrons. The van der Waals surface area contributed by atoms with Gasteiger partial charge in [-0.3, -0.25) is 0 Å². The maximum atomic E-state index is 12.3. The summed E-state index contributed by atoms with van der Waals surface area (Å²) < 4.78 is 15.8. The van der Waals surface area contributed by atoms with E-state index in [0.717, 1.165) is 18.5 Å². The van der Waals surface area contributed by atoms with E-state index in [9.17, 15) is 4.79 Å². The number of carbonyl (C=O) groups is 1. The van der Waals surface area contributed by atoms with Gasteiger partial charge in [0.15, 0.2) is 5.82 Å². The molecule has 2 saturated carbocycles. The molecule has 4 rings (SSSR count). The summed E-state index contributed by atoms with van der Waals surface area (Å²) in [5, 5.41) is 6.37. The molecular weight excluding hydrogens is 352 g/mol. The lowest BCUT2D eigenvalue weighted by molar-refractivity contribution is 0.183. The van der Waals surface area contributed by atoms with Crippen molar-refractivity contribution in [3.63, 3.8) is 0 Å². The van der Waals surface area contributed by atoms with Crippen molar-refractivity contribution in [1.29, 1.82) is 0 Å². The van der Waals surface area contributed by atoms with Crippen molar-refractivity contribution in [2.75, 3.05) is 12.3 Å². The molecule has 2 aromatic heterocycles. The van der Waals surface area contributed by atoms with E-state index in [1.807, 2.05) is 0 Å². The number of ether oxygens (including phenoxy) is 2. The van der Waals surface area contributed by atoms with Gasteiger partial charge in [-0.1, -0.05) is 5.16 Å². The van der Waals surface area contributed by atoms with E-state index in [1.54, 1.807) is 13.8 Å². The van der Waals surface area contributed by atoms with Crippen LogP contribution in [0.4, 0.5) is 10.8 Å². The number of nitrogen functional groups attached to an aromatic ring is 1. The van der Waals surface area contributed by atoms with Crippen LogP contribution in [0.3, 0.4) is 0 Å². The van der Waals surface area contributed by atoms with Gasteiger partial charge in [0, 0.05) is 5.92 Å². The first-order chi connectivity index (χ1) is 12.9. The Kier molecular flexibility index (Phi) is 4.33. The number of anilines is 1. The average Bonchev–Trinajstić information content (AvgIpc) is 3.52. The van der Waals surface area contributed by atoms with Crippen LogP contribution in [0.2, 0.25) is 0 Å². The molecule has 3 N–H and O–H groups in total. The first kappa shape index (κ1) is 17.5. The second kappa shape index (κ2) is 6.67. The maximum Gasteiger partial charge on any atom is 0.414 e. The number of carbonyl (C=O) groups excluding carboxylic acids is 1. The Labute approximate surface area is 155 Å². The average molecular weight is 374 g/mol. The molecule has 0 aliphatic heterocycles. The minimum Gasteiger partial charge on any atom is -0.476 e. The first-order valence-corrected chi connectivity index (χ1v) is 9.00. The summed E-state index contributed by atoms with van der Waals surface area (Å²) in [7, 11) is 0. The fourth-order valence-corrected chi connectivity index (χ4v) is 2.56. The van der Waals surface area contributed by atoms with Gasteiger partial charge in [0.1, 0.15) is 11.2 Å². The number of amides is 1.